The molecule has 106 valence electrons. The minimum atomic E-state index is 0.332. The lowest BCUT2D eigenvalue weighted by Crippen LogP contribution is -2.48. The molecule has 0 spiro atoms. The van der Waals surface area contributed by atoms with Gasteiger partial charge in [0.15, 0.2) is 0 Å². The van der Waals surface area contributed by atoms with E-state index in [0.717, 1.165) is 30.9 Å². The summed E-state index contributed by atoms with van der Waals surface area (Å²) in [4.78, 5) is 4.80. The van der Waals surface area contributed by atoms with Crippen LogP contribution < -0.4 is 15.4 Å². The normalized spacial score (nSPS) is 25.2. The number of para-hydroxylation sites is 2. The van der Waals surface area contributed by atoms with E-state index in [4.69, 9.17) is 10.5 Å². The first kappa shape index (κ1) is 14.2. The van der Waals surface area contributed by atoms with Crippen molar-refractivity contribution in [2.45, 2.75) is 25.4 Å². The summed E-state index contributed by atoms with van der Waals surface area (Å²) in [7, 11) is 3.89. The van der Waals surface area contributed by atoms with Gasteiger partial charge in [0.2, 0.25) is 0 Å². The van der Waals surface area contributed by atoms with Gasteiger partial charge in [-0.1, -0.05) is 12.1 Å². The van der Waals surface area contributed by atoms with Crippen molar-refractivity contribution in [2.75, 3.05) is 38.7 Å². The molecule has 0 amide bonds. The third-order valence-corrected chi connectivity index (χ3v) is 3.95. The van der Waals surface area contributed by atoms with Gasteiger partial charge in [0.1, 0.15) is 5.75 Å². The standard InChI is InChI=1S/C15H25N3O/c1-12-8-9-17(2)11-13(10-16)18(12)14-6-4-5-7-15(14)19-3/h4-7,12-13H,8-11,16H2,1-3H3. The first-order valence-electron chi connectivity index (χ1n) is 6.97. The van der Waals surface area contributed by atoms with Crippen LogP contribution in [0.3, 0.4) is 0 Å². The Bertz CT molecular complexity index is 410. The maximum absolute atomic E-state index is 6.01. The van der Waals surface area contributed by atoms with Crippen molar-refractivity contribution in [3.8, 4) is 5.75 Å². The summed E-state index contributed by atoms with van der Waals surface area (Å²) in [5.41, 5.74) is 7.16. The second kappa shape index (κ2) is 6.26. The summed E-state index contributed by atoms with van der Waals surface area (Å²) >= 11 is 0. The molecule has 1 aromatic rings. The van der Waals surface area contributed by atoms with E-state index in [9.17, 15) is 0 Å². The highest BCUT2D eigenvalue weighted by Crippen LogP contribution is 2.32. The van der Waals surface area contributed by atoms with Crippen molar-refractivity contribution < 1.29 is 4.74 Å². The van der Waals surface area contributed by atoms with Gasteiger partial charge in [0, 0.05) is 19.1 Å². The molecule has 1 aliphatic rings. The molecule has 2 rings (SSSR count). The fraction of sp³-hybridized carbons (Fsp3) is 0.600. The van der Waals surface area contributed by atoms with Crippen LogP contribution in [0.15, 0.2) is 24.3 Å². The van der Waals surface area contributed by atoms with Crippen LogP contribution in [0.1, 0.15) is 13.3 Å². The number of anilines is 1. The number of likely N-dealkylation sites (N-methyl/N-ethyl adjacent to an activating group) is 1. The first-order valence-corrected chi connectivity index (χ1v) is 6.97. The highest BCUT2D eigenvalue weighted by molar-refractivity contribution is 5.60. The number of ether oxygens (including phenoxy) is 1. The van der Waals surface area contributed by atoms with Crippen molar-refractivity contribution in [3.63, 3.8) is 0 Å². The zero-order valence-corrected chi connectivity index (χ0v) is 12.2. The molecule has 0 saturated carbocycles. The monoisotopic (exact) mass is 263 g/mol. The number of methoxy groups -OCH3 is 1. The van der Waals surface area contributed by atoms with Gasteiger partial charge in [-0.3, -0.25) is 0 Å². The molecule has 0 aliphatic carbocycles. The topological polar surface area (TPSA) is 41.7 Å². The Hall–Kier alpha value is -1.26. The molecule has 1 heterocycles. The molecule has 1 fully saturated rings. The van der Waals surface area contributed by atoms with Crippen LogP contribution in [0.2, 0.25) is 0 Å². The Labute approximate surface area is 116 Å². The lowest BCUT2D eigenvalue weighted by Gasteiger charge is -2.37. The number of benzene rings is 1. The molecular formula is C15H25N3O. The molecule has 1 aliphatic heterocycles. The van der Waals surface area contributed by atoms with E-state index in [1.54, 1.807) is 7.11 Å². The van der Waals surface area contributed by atoms with Crippen LogP contribution >= 0.6 is 0 Å². The lowest BCUT2D eigenvalue weighted by molar-refractivity contribution is 0.331. The number of rotatable bonds is 3. The Balaban J connectivity index is 2.37. The molecule has 0 bridgehead atoms. The molecule has 0 radical (unpaired) electrons. The van der Waals surface area contributed by atoms with E-state index in [0.29, 0.717) is 18.6 Å². The van der Waals surface area contributed by atoms with E-state index in [1.165, 1.54) is 0 Å². The molecule has 1 saturated heterocycles. The van der Waals surface area contributed by atoms with Gasteiger partial charge in [-0.05, 0) is 39.1 Å². The van der Waals surface area contributed by atoms with E-state index >= 15 is 0 Å². The van der Waals surface area contributed by atoms with Crippen molar-refractivity contribution >= 4 is 5.69 Å². The van der Waals surface area contributed by atoms with Gasteiger partial charge in [0.25, 0.3) is 0 Å². The van der Waals surface area contributed by atoms with Crippen molar-refractivity contribution in [1.29, 1.82) is 0 Å². The van der Waals surface area contributed by atoms with E-state index < -0.39 is 0 Å². The Morgan fingerprint density at radius 2 is 2.11 bits per heavy atom. The molecule has 19 heavy (non-hydrogen) atoms. The highest BCUT2D eigenvalue weighted by Gasteiger charge is 2.29. The van der Waals surface area contributed by atoms with E-state index in [-0.39, 0.29) is 0 Å². The van der Waals surface area contributed by atoms with E-state index in [2.05, 4.69) is 35.9 Å². The molecule has 4 heteroatoms. The summed E-state index contributed by atoms with van der Waals surface area (Å²) in [5.74, 6) is 0.928. The smallest absolute Gasteiger partial charge is 0.142 e. The van der Waals surface area contributed by atoms with E-state index in [1.807, 2.05) is 12.1 Å². The maximum atomic E-state index is 6.01. The van der Waals surface area contributed by atoms with Crippen LogP contribution in [0.4, 0.5) is 5.69 Å². The van der Waals surface area contributed by atoms with Crippen LogP contribution in [0, 0.1) is 0 Å². The number of nitrogens with zero attached hydrogens (tertiary/aromatic N) is 2. The van der Waals surface area contributed by atoms with Crippen LogP contribution in [-0.2, 0) is 0 Å². The molecule has 2 N–H and O–H groups in total. The zero-order chi connectivity index (χ0) is 13.8. The van der Waals surface area contributed by atoms with Crippen LogP contribution in [0.5, 0.6) is 5.75 Å². The van der Waals surface area contributed by atoms with Crippen molar-refractivity contribution in [3.05, 3.63) is 24.3 Å². The van der Waals surface area contributed by atoms with Crippen LogP contribution in [0.25, 0.3) is 0 Å². The van der Waals surface area contributed by atoms with Crippen LogP contribution in [-0.4, -0.2) is 50.8 Å². The Morgan fingerprint density at radius 3 is 2.79 bits per heavy atom. The third kappa shape index (κ3) is 3.01. The molecule has 1 aromatic carbocycles. The maximum Gasteiger partial charge on any atom is 0.142 e. The summed E-state index contributed by atoms with van der Waals surface area (Å²) in [6.45, 7) is 5.04. The van der Waals surface area contributed by atoms with Crippen molar-refractivity contribution in [2.24, 2.45) is 5.73 Å². The number of hydrogen-bond donors (Lipinski definition) is 1. The van der Waals surface area contributed by atoms with Gasteiger partial charge < -0.3 is 20.3 Å². The summed E-state index contributed by atoms with van der Waals surface area (Å²) in [6.07, 6.45) is 1.14. The average molecular weight is 263 g/mol. The predicted octanol–water partition coefficient (Wildman–Crippen LogP) is 1.55. The molecule has 0 aromatic heterocycles. The first-order chi connectivity index (χ1) is 9.17. The quantitative estimate of drug-likeness (QED) is 0.898. The SMILES string of the molecule is COc1ccccc1N1C(C)CCN(C)CC1CN. The largest absolute Gasteiger partial charge is 0.495 e. The minimum Gasteiger partial charge on any atom is -0.495 e. The summed E-state index contributed by atoms with van der Waals surface area (Å²) in [6, 6.07) is 9.02. The summed E-state index contributed by atoms with van der Waals surface area (Å²) in [5, 5.41) is 0. The van der Waals surface area contributed by atoms with Gasteiger partial charge in [-0.15, -0.1) is 0 Å². The molecule has 2 atom stereocenters. The number of hydrogen-bond acceptors (Lipinski definition) is 4. The third-order valence-electron chi connectivity index (χ3n) is 3.95. The Morgan fingerprint density at radius 1 is 1.37 bits per heavy atom. The molecule has 2 unspecified atom stereocenters. The van der Waals surface area contributed by atoms with Crippen molar-refractivity contribution in [1.82, 2.24) is 4.90 Å². The van der Waals surface area contributed by atoms with Gasteiger partial charge in [-0.25, -0.2) is 0 Å². The second-order valence-electron chi connectivity index (χ2n) is 5.37. The molecular weight excluding hydrogens is 238 g/mol. The highest BCUT2D eigenvalue weighted by atomic mass is 16.5. The van der Waals surface area contributed by atoms with Gasteiger partial charge in [0.05, 0.1) is 18.8 Å². The van der Waals surface area contributed by atoms with Gasteiger partial charge in [-0.2, -0.15) is 0 Å². The second-order valence-corrected chi connectivity index (χ2v) is 5.37. The molecule has 4 nitrogen and oxygen atoms in total. The predicted molar refractivity (Wildman–Crippen MR) is 79.9 cm³/mol. The average Bonchev–Trinajstić information content (AvgIpc) is 2.58. The lowest BCUT2D eigenvalue weighted by atomic mass is 10.1. The fourth-order valence-corrected chi connectivity index (χ4v) is 2.91. The number of nitrogens with two attached hydrogens (primary N) is 1. The van der Waals surface area contributed by atoms with Gasteiger partial charge >= 0.3 is 0 Å². The summed E-state index contributed by atoms with van der Waals surface area (Å²) < 4.78 is 5.51. The Kier molecular flexibility index (Phi) is 4.66. The zero-order valence-electron chi connectivity index (χ0n) is 12.2. The minimum absolute atomic E-state index is 0.332. The fourth-order valence-electron chi connectivity index (χ4n) is 2.91.